The first-order valence-corrected chi connectivity index (χ1v) is 4.74. The largest absolute Gasteiger partial charge is 0.382 e. The Kier molecular flexibility index (Phi) is 2.11. The van der Waals surface area contributed by atoms with Crippen LogP contribution in [-0.4, -0.2) is 19.4 Å². The van der Waals surface area contributed by atoms with Gasteiger partial charge in [0.2, 0.25) is 0 Å². The molecule has 0 bridgehead atoms. The Morgan fingerprint density at radius 2 is 2.20 bits per heavy atom. The summed E-state index contributed by atoms with van der Waals surface area (Å²) in [6.07, 6.45) is 4.33. The SMILES string of the molecule is CCc1nc(-c2cnn(C)c2)c(N)n1N. The molecule has 0 aliphatic rings. The highest BCUT2D eigenvalue weighted by Gasteiger charge is 2.14. The third-order valence-corrected chi connectivity index (χ3v) is 2.32. The number of nitrogen functional groups attached to an aromatic ring is 2. The van der Waals surface area contributed by atoms with E-state index in [-0.39, 0.29) is 0 Å². The molecule has 0 aliphatic heterocycles. The van der Waals surface area contributed by atoms with Crippen LogP contribution in [0.25, 0.3) is 11.3 Å². The predicted octanol–water partition coefficient (Wildman–Crippen LogP) is 0.142. The van der Waals surface area contributed by atoms with E-state index in [0.29, 0.717) is 11.5 Å². The van der Waals surface area contributed by atoms with Gasteiger partial charge in [0.25, 0.3) is 0 Å². The Morgan fingerprint density at radius 1 is 1.47 bits per heavy atom. The van der Waals surface area contributed by atoms with Crippen molar-refractivity contribution in [1.29, 1.82) is 0 Å². The van der Waals surface area contributed by atoms with Crippen LogP contribution < -0.4 is 11.6 Å². The molecule has 6 heteroatoms. The Hall–Kier alpha value is -1.98. The van der Waals surface area contributed by atoms with Gasteiger partial charge in [-0.1, -0.05) is 6.92 Å². The van der Waals surface area contributed by atoms with Gasteiger partial charge >= 0.3 is 0 Å². The maximum absolute atomic E-state index is 5.86. The number of nitrogens with two attached hydrogens (primary N) is 2. The zero-order valence-electron chi connectivity index (χ0n) is 8.81. The number of hydrogen-bond acceptors (Lipinski definition) is 4. The molecule has 0 aromatic carbocycles. The topological polar surface area (TPSA) is 87.7 Å². The maximum atomic E-state index is 5.86. The number of rotatable bonds is 2. The van der Waals surface area contributed by atoms with Crippen molar-refractivity contribution in [1.82, 2.24) is 19.4 Å². The van der Waals surface area contributed by atoms with Gasteiger partial charge in [0.1, 0.15) is 11.5 Å². The second-order valence-electron chi connectivity index (χ2n) is 3.39. The molecule has 4 N–H and O–H groups in total. The van der Waals surface area contributed by atoms with Crippen LogP contribution in [0.5, 0.6) is 0 Å². The van der Waals surface area contributed by atoms with Crippen molar-refractivity contribution >= 4 is 5.82 Å². The fourth-order valence-corrected chi connectivity index (χ4v) is 1.50. The van der Waals surface area contributed by atoms with Crippen molar-refractivity contribution in [3.63, 3.8) is 0 Å². The lowest BCUT2D eigenvalue weighted by atomic mass is 10.2. The van der Waals surface area contributed by atoms with Crippen LogP contribution in [-0.2, 0) is 13.5 Å². The molecule has 80 valence electrons. The van der Waals surface area contributed by atoms with Gasteiger partial charge in [-0.3, -0.25) is 4.68 Å². The molecule has 0 radical (unpaired) electrons. The number of hydrogen-bond donors (Lipinski definition) is 2. The first-order valence-electron chi connectivity index (χ1n) is 4.74. The van der Waals surface area contributed by atoms with Crippen LogP contribution in [0.3, 0.4) is 0 Å². The summed E-state index contributed by atoms with van der Waals surface area (Å²) in [5.41, 5.74) is 7.44. The van der Waals surface area contributed by atoms with Gasteiger partial charge in [0.15, 0.2) is 5.82 Å². The molecule has 0 fully saturated rings. The van der Waals surface area contributed by atoms with Crippen molar-refractivity contribution in [2.75, 3.05) is 11.6 Å². The van der Waals surface area contributed by atoms with Gasteiger partial charge < -0.3 is 11.6 Å². The van der Waals surface area contributed by atoms with Gasteiger partial charge in [0.05, 0.1) is 6.20 Å². The molecule has 0 spiro atoms. The minimum absolute atomic E-state index is 0.472. The first-order chi connectivity index (χ1) is 7.13. The van der Waals surface area contributed by atoms with Gasteiger partial charge in [0, 0.05) is 25.2 Å². The lowest BCUT2D eigenvalue weighted by Crippen LogP contribution is -2.14. The smallest absolute Gasteiger partial charge is 0.150 e. The normalized spacial score (nSPS) is 10.8. The standard InChI is InChI=1S/C9H14N6/c1-3-7-13-8(9(10)15(7)11)6-4-12-14(2)5-6/h4-5H,3,10-11H2,1-2H3. The van der Waals surface area contributed by atoms with E-state index in [1.54, 1.807) is 10.9 Å². The van der Waals surface area contributed by atoms with Gasteiger partial charge in [-0.15, -0.1) is 0 Å². The lowest BCUT2D eigenvalue weighted by Gasteiger charge is -1.98. The minimum atomic E-state index is 0.472. The van der Waals surface area contributed by atoms with E-state index in [0.717, 1.165) is 17.8 Å². The minimum Gasteiger partial charge on any atom is -0.382 e. The van der Waals surface area contributed by atoms with Crippen molar-refractivity contribution in [2.45, 2.75) is 13.3 Å². The molecule has 0 saturated heterocycles. The molecule has 2 heterocycles. The molecule has 0 amide bonds. The molecule has 6 nitrogen and oxygen atoms in total. The summed E-state index contributed by atoms with van der Waals surface area (Å²) in [5.74, 6) is 7.00. The third-order valence-electron chi connectivity index (χ3n) is 2.32. The summed E-state index contributed by atoms with van der Waals surface area (Å²) in [5, 5.41) is 4.07. The zero-order valence-corrected chi connectivity index (χ0v) is 8.81. The number of nitrogens with zero attached hydrogens (tertiary/aromatic N) is 4. The number of aryl methyl sites for hydroxylation is 2. The van der Waals surface area contributed by atoms with E-state index in [1.807, 2.05) is 20.2 Å². The highest BCUT2D eigenvalue weighted by Crippen LogP contribution is 2.24. The van der Waals surface area contributed by atoms with Crippen LogP contribution in [0.1, 0.15) is 12.7 Å². The summed E-state index contributed by atoms with van der Waals surface area (Å²) in [6, 6.07) is 0. The second kappa shape index (κ2) is 3.30. The van der Waals surface area contributed by atoms with Crippen molar-refractivity contribution in [3.05, 3.63) is 18.2 Å². The summed E-state index contributed by atoms with van der Waals surface area (Å²) < 4.78 is 3.12. The van der Waals surface area contributed by atoms with E-state index >= 15 is 0 Å². The monoisotopic (exact) mass is 206 g/mol. The molecular weight excluding hydrogens is 192 g/mol. The van der Waals surface area contributed by atoms with Gasteiger partial charge in [-0.2, -0.15) is 5.10 Å². The Labute approximate surface area is 87.5 Å². The molecule has 2 aromatic heterocycles. The van der Waals surface area contributed by atoms with Crippen LogP contribution in [0.4, 0.5) is 5.82 Å². The average Bonchev–Trinajstić information content (AvgIpc) is 2.74. The molecule has 0 saturated carbocycles. The summed E-state index contributed by atoms with van der Waals surface area (Å²) in [7, 11) is 1.85. The highest BCUT2D eigenvalue weighted by molar-refractivity contribution is 5.69. The summed E-state index contributed by atoms with van der Waals surface area (Å²) >= 11 is 0. The molecule has 15 heavy (non-hydrogen) atoms. The van der Waals surface area contributed by atoms with E-state index in [2.05, 4.69) is 10.1 Å². The fourth-order valence-electron chi connectivity index (χ4n) is 1.50. The Bertz CT molecular complexity index is 481. The van der Waals surface area contributed by atoms with E-state index in [9.17, 15) is 0 Å². The van der Waals surface area contributed by atoms with E-state index < -0.39 is 0 Å². The van der Waals surface area contributed by atoms with Gasteiger partial charge in [-0.05, 0) is 0 Å². The number of aromatic nitrogens is 4. The molecule has 2 rings (SSSR count). The quantitative estimate of drug-likeness (QED) is 0.684. The Morgan fingerprint density at radius 3 is 2.67 bits per heavy atom. The predicted molar refractivity (Wildman–Crippen MR) is 58.4 cm³/mol. The molecule has 0 aliphatic carbocycles. The molecule has 2 aromatic rings. The Balaban J connectivity index is 2.53. The highest BCUT2D eigenvalue weighted by atomic mass is 15.4. The van der Waals surface area contributed by atoms with Crippen LogP contribution in [0.2, 0.25) is 0 Å². The van der Waals surface area contributed by atoms with Crippen molar-refractivity contribution < 1.29 is 0 Å². The summed E-state index contributed by atoms with van der Waals surface area (Å²) in [4.78, 5) is 4.37. The van der Waals surface area contributed by atoms with Gasteiger partial charge in [-0.25, -0.2) is 9.66 Å². The lowest BCUT2D eigenvalue weighted by molar-refractivity contribution is 0.768. The van der Waals surface area contributed by atoms with Crippen LogP contribution >= 0.6 is 0 Å². The number of anilines is 1. The average molecular weight is 206 g/mol. The van der Waals surface area contributed by atoms with Crippen LogP contribution in [0, 0.1) is 0 Å². The van der Waals surface area contributed by atoms with Crippen molar-refractivity contribution in [3.8, 4) is 11.3 Å². The fraction of sp³-hybridized carbons (Fsp3) is 0.333. The first kappa shape index (κ1) is 9.57. The third kappa shape index (κ3) is 1.43. The molecular formula is C9H14N6. The second-order valence-corrected chi connectivity index (χ2v) is 3.39. The zero-order chi connectivity index (χ0) is 11.0. The summed E-state index contributed by atoms with van der Waals surface area (Å²) in [6.45, 7) is 1.98. The van der Waals surface area contributed by atoms with Crippen LogP contribution in [0.15, 0.2) is 12.4 Å². The molecule has 0 atom stereocenters. The maximum Gasteiger partial charge on any atom is 0.150 e. The van der Waals surface area contributed by atoms with E-state index in [1.165, 1.54) is 4.68 Å². The number of imidazole rings is 1. The molecule has 0 unspecified atom stereocenters. The van der Waals surface area contributed by atoms with Crippen molar-refractivity contribution in [2.24, 2.45) is 7.05 Å². The van der Waals surface area contributed by atoms with E-state index in [4.69, 9.17) is 11.6 Å².